The molecule has 153 valence electrons. The van der Waals surface area contributed by atoms with Gasteiger partial charge in [-0.15, -0.1) is 0 Å². The van der Waals surface area contributed by atoms with Crippen molar-refractivity contribution in [3.63, 3.8) is 0 Å². The summed E-state index contributed by atoms with van der Waals surface area (Å²) >= 11 is 3.06. The van der Waals surface area contributed by atoms with Crippen LogP contribution in [0.4, 0.5) is 16.4 Å². The number of rotatable bonds is 2. The molecule has 0 atom stereocenters. The van der Waals surface area contributed by atoms with Gasteiger partial charge in [-0.3, -0.25) is 0 Å². The summed E-state index contributed by atoms with van der Waals surface area (Å²) in [5, 5.41) is 3.63. The molecule has 2 aliphatic heterocycles. The number of benzene rings is 2. The van der Waals surface area contributed by atoms with Gasteiger partial charge >= 0.3 is 172 Å². The molecule has 0 saturated heterocycles. The molecule has 2 amide bonds. The summed E-state index contributed by atoms with van der Waals surface area (Å²) in [5.41, 5.74) is 4.73. The number of carbonyl (C=O) groups is 2. The zero-order chi connectivity index (χ0) is 21.8. The molecule has 1 radical (unpaired) electrons. The van der Waals surface area contributed by atoms with Crippen molar-refractivity contribution in [2.24, 2.45) is 4.99 Å². The number of aliphatic imine (C=N–C) groups is 1. The second-order valence-corrected chi connectivity index (χ2v) is 10.1. The van der Waals surface area contributed by atoms with Gasteiger partial charge in [-0.1, -0.05) is 26.0 Å². The normalized spacial score (nSPS) is 18.3. The van der Waals surface area contributed by atoms with Crippen LogP contribution < -0.4 is 10.2 Å². The van der Waals surface area contributed by atoms with E-state index in [1.807, 2.05) is 12.1 Å². The third-order valence-electron chi connectivity index (χ3n) is 5.65. The van der Waals surface area contributed by atoms with Crippen LogP contribution in [0.15, 0.2) is 71.2 Å². The first kappa shape index (κ1) is 20.2. The van der Waals surface area contributed by atoms with E-state index in [0.717, 1.165) is 21.3 Å². The molecule has 31 heavy (non-hydrogen) atoms. The average molecular weight is 540 g/mol. The van der Waals surface area contributed by atoms with Crippen molar-refractivity contribution >= 4 is 71.8 Å². The summed E-state index contributed by atoms with van der Waals surface area (Å²) in [6.07, 6.45) is 1.62. The predicted octanol–water partition coefficient (Wildman–Crippen LogP) is 4.42. The topological polar surface area (TPSA) is 61.8 Å². The quantitative estimate of drug-likeness (QED) is 0.298. The van der Waals surface area contributed by atoms with E-state index in [2.05, 4.69) is 77.6 Å². The molecule has 0 bridgehead atoms. The summed E-state index contributed by atoms with van der Waals surface area (Å²) < 4.78 is 0.332. The Labute approximate surface area is 197 Å². The van der Waals surface area contributed by atoms with Crippen molar-refractivity contribution in [1.29, 1.82) is 0 Å². The van der Waals surface area contributed by atoms with Gasteiger partial charge in [-0.2, -0.15) is 0 Å². The predicted molar refractivity (Wildman–Crippen MR) is 125 cm³/mol. The van der Waals surface area contributed by atoms with E-state index in [1.165, 1.54) is 44.8 Å². The molecule has 7 heteroatoms. The minimum absolute atomic E-state index is 0.0568. The van der Waals surface area contributed by atoms with E-state index in [4.69, 9.17) is 0 Å². The Balaban J connectivity index is 1.62. The van der Waals surface area contributed by atoms with Crippen LogP contribution in [-0.4, -0.2) is 38.0 Å². The van der Waals surface area contributed by atoms with E-state index in [-0.39, 0.29) is 11.0 Å². The Morgan fingerprint density at radius 1 is 0.968 bits per heavy atom. The Bertz CT molecular complexity index is 1260. The van der Waals surface area contributed by atoms with Gasteiger partial charge in [-0.25, -0.2) is 0 Å². The van der Waals surface area contributed by atoms with Crippen molar-refractivity contribution in [3.8, 4) is 0 Å². The number of para-hydroxylation sites is 2. The summed E-state index contributed by atoms with van der Waals surface area (Å²) in [7, 11) is 0. The third-order valence-corrected chi connectivity index (χ3v) is 7.22. The monoisotopic (exact) mass is 542 g/mol. The molecule has 2 aromatic carbocycles. The number of hydrogen-bond donors (Lipinski definition) is 1. The number of nitrogens with zero attached hydrogens (tertiary/aromatic N) is 2. The van der Waals surface area contributed by atoms with E-state index < -0.39 is 11.8 Å². The molecule has 5 rings (SSSR count). The van der Waals surface area contributed by atoms with Gasteiger partial charge in [0.2, 0.25) is 0 Å². The number of carbonyl (C=O) groups excluding carboxylic acids is 2. The number of amides is 2. The molecular weight excluding hydrogens is 522 g/mol. The van der Waals surface area contributed by atoms with Gasteiger partial charge in [0, 0.05) is 0 Å². The molecule has 0 aliphatic carbocycles. The van der Waals surface area contributed by atoms with E-state index in [9.17, 15) is 9.59 Å². The number of nitrogens with one attached hydrogen (secondary N) is 1. The second kappa shape index (κ2) is 7.45. The number of anilines is 3. The zero-order valence-corrected chi connectivity index (χ0v) is 20.0. The average Bonchev–Trinajstić information content (AvgIpc) is 3.19. The minimum atomic E-state index is -0.505. The van der Waals surface area contributed by atoms with E-state index in [1.54, 1.807) is 6.08 Å². The number of fused-ring (bicyclic) bond motifs is 2. The molecule has 3 heterocycles. The van der Waals surface area contributed by atoms with Crippen molar-refractivity contribution < 1.29 is 9.59 Å². The van der Waals surface area contributed by atoms with Crippen LogP contribution in [0.5, 0.6) is 0 Å². The fraction of sp³-hybridized carbons (Fsp3) is 0.125. The summed E-state index contributed by atoms with van der Waals surface area (Å²) in [4.78, 5) is 31.4. The van der Waals surface area contributed by atoms with Crippen molar-refractivity contribution in [2.45, 2.75) is 19.3 Å². The standard InChI is InChI=1S/C24H18N3O2STe/c1-24(2)16-7-3-5-9-18(16)27(19-10-6-4-8-17(19)24)20-12-11-14(30-20)13-15-21(28)25-23(31)26-22(15)29/h3-13H,1-2H3,(H,25,26,28,29). The molecule has 0 saturated carbocycles. The van der Waals surface area contributed by atoms with Crippen molar-refractivity contribution in [1.82, 2.24) is 5.32 Å². The van der Waals surface area contributed by atoms with Crippen LogP contribution in [0.3, 0.4) is 0 Å². The van der Waals surface area contributed by atoms with Crippen LogP contribution in [0.1, 0.15) is 29.9 Å². The number of hydrogen-bond acceptors (Lipinski definition) is 4. The second-order valence-electron chi connectivity index (χ2n) is 7.90. The van der Waals surface area contributed by atoms with Crippen LogP contribution >= 0.6 is 11.3 Å². The molecule has 2 aliphatic rings. The molecule has 1 N–H and O–H groups in total. The molecule has 5 nitrogen and oxygen atoms in total. The summed E-state index contributed by atoms with van der Waals surface area (Å²) in [6.45, 7) is 4.50. The van der Waals surface area contributed by atoms with E-state index in [0.29, 0.717) is 3.88 Å². The van der Waals surface area contributed by atoms with Crippen LogP contribution in [0.2, 0.25) is 0 Å². The van der Waals surface area contributed by atoms with Crippen LogP contribution in [0, 0.1) is 0 Å². The van der Waals surface area contributed by atoms with Crippen LogP contribution in [0.25, 0.3) is 6.08 Å². The van der Waals surface area contributed by atoms with Crippen molar-refractivity contribution in [2.75, 3.05) is 4.90 Å². The van der Waals surface area contributed by atoms with Gasteiger partial charge < -0.3 is 0 Å². The van der Waals surface area contributed by atoms with E-state index >= 15 is 0 Å². The SMILES string of the molecule is CC1(C)c2ccccc2N(c2ccc(/C=C3\C(=O)N=C([Te])NC3=O)s2)c2ccccc21. The Kier molecular flexibility index (Phi) is 4.86. The summed E-state index contributed by atoms with van der Waals surface area (Å²) in [5.74, 6) is -0.917. The fourth-order valence-electron chi connectivity index (χ4n) is 4.16. The maximum absolute atomic E-state index is 12.2. The molecule has 3 aromatic rings. The van der Waals surface area contributed by atoms with Gasteiger partial charge in [0.05, 0.1) is 0 Å². The first-order valence-electron chi connectivity index (χ1n) is 9.78. The molecular formula is C24H18N3O2STe. The molecule has 0 unspecified atom stereocenters. The Morgan fingerprint density at radius 2 is 1.58 bits per heavy atom. The fourth-order valence-corrected chi connectivity index (χ4v) is 5.64. The van der Waals surface area contributed by atoms with Crippen molar-refractivity contribution in [3.05, 3.63) is 82.2 Å². The van der Waals surface area contributed by atoms with Gasteiger partial charge in [0.1, 0.15) is 0 Å². The van der Waals surface area contributed by atoms with Gasteiger partial charge in [-0.05, 0) is 0 Å². The molecule has 1 aromatic heterocycles. The zero-order valence-electron chi connectivity index (χ0n) is 16.9. The Hall–Kier alpha value is -2.72. The van der Waals surface area contributed by atoms with Gasteiger partial charge in [0.15, 0.2) is 0 Å². The molecule has 0 spiro atoms. The third kappa shape index (κ3) is 3.34. The van der Waals surface area contributed by atoms with Crippen LogP contribution in [-0.2, 0) is 15.0 Å². The first-order chi connectivity index (χ1) is 14.9. The number of amidine groups is 1. The first-order valence-corrected chi connectivity index (χ1v) is 11.8. The van der Waals surface area contributed by atoms with Gasteiger partial charge in [0.25, 0.3) is 0 Å². The summed E-state index contributed by atoms with van der Waals surface area (Å²) in [6, 6.07) is 20.9. The maximum atomic E-state index is 12.2. The number of thiophene rings is 1. The molecule has 0 fully saturated rings. The Morgan fingerprint density at radius 3 is 2.19 bits per heavy atom.